The fourth-order valence-corrected chi connectivity index (χ4v) is 2.68. The van der Waals surface area contributed by atoms with Crippen molar-refractivity contribution in [2.45, 2.75) is 26.8 Å². The fraction of sp³-hybridized carbons (Fsp3) is 0.333. The first-order chi connectivity index (χ1) is 12.8. The summed E-state index contributed by atoms with van der Waals surface area (Å²) in [7, 11) is 3.08. The molecule has 2 rings (SSSR count). The second-order valence-corrected chi connectivity index (χ2v) is 6.60. The summed E-state index contributed by atoms with van der Waals surface area (Å²) in [6, 6.07) is 11.7. The lowest BCUT2D eigenvalue weighted by atomic mass is 10.0. The molecule has 2 N–H and O–H groups in total. The van der Waals surface area contributed by atoms with Crippen LogP contribution in [-0.2, 0) is 4.79 Å². The molecule has 2 aromatic rings. The standard InChI is InChI=1S/C21H26N2O4/c1-13(2)19(23-20(24)18-9-7-6-8-14(18)3)21(25)22-15-10-16(26-4)12-17(11-15)27-5/h6-13,19H,1-5H3,(H,22,25)(H,23,24)/t19-/m0/s1. The second kappa shape index (κ2) is 9.07. The van der Waals surface area contributed by atoms with Crippen molar-refractivity contribution < 1.29 is 19.1 Å². The topological polar surface area (TPSA) is 76.7 Å². The van der Waals surface area contributed by atoms with E-state index in [1.807, 2.05) is 32.9 Å². The molecule has 0 aromatic heterocycles. The van der Waals surface area contributed by atoms with E-state index in [9.17, 15) is 9.59 Å². The van der Waals surface area contributed by atoms with Crippen molar-refractivity contribution in [3.8, 4) is 11.5 Å². The Morgan fingerprint density at radius 3 is 2.07 bits per heavy atom. The predicted molar refractivity (Wildman–Crippen MR) is 105 cm³/mol. The van der Waals surface area contributed by atoms with Gasteiger partial charge in [0, 0.05) is 29.4 Å². The highest BCUT2D eigenvalue weighted by Crippen LogP contribution is 2.26. The van der Waals surface area contributed by atoms with Crippen LogP contribution < -0.4 is 20.1 Å². The normalized spacial score (nSPS) is 11.6. The molecular weight excluding hydrogens is 344 g/mol. The smallest absolute Gasteiger partial charge is 0.252 e. The van der Waals surface area contributed by atoms with Crippen LogP contribution >= 0.6 is 0 Å². The number of aryl methyl sites for hydroxylation is 1. The lowest BCUT2D eigenvalue weighted by Crippen LogP contribution is -2.47. The number of benzene rings is 2. The monoisotopic (exact) mass is 370 g/mol. The number of carbonyl (C=O) groups excluding carboxylic acids is 2. The molecule has 0 spiro atoms. The zero-order valence-electron chi connectivity index (χ0n) is 16.3. The number of rotatable bonds is 7. The first-order valence-electron chi connectivity index (χ1n) is 8.76. The Morgan fingerprint density at radius 1 is 0.963 bits per heavy atom. The van der Waals surface area contributed by atoms with Gasteiger partial charge in [0.15, 0.2) is 0 Å². The number of nitrogens with one attached hydrogen (secondary N) is 2. The van der Waals surface area contributed by atoms with Crippen molar-refractivity contribution in [2.24, 2.45) is 5.92 Å². The van der Waals surface area contributed by atoms with Gasteiger partial charge in [0.25, 0.3) is 5.91 Å². The molecule has 2 aromatic carbocycles. The highest BCUT2D eigenvalue weighted by atomic mass is 16.5. The number of methoxy groups -OCH3 is 2. The summed E-state index contributed by atoms with van der Waals surface area (Å²) >= 11 is 0. The van der Waals surface area contributed by atoms with E-state index < -0.39 is 6.04 Å². The van der Waals surface area contributed by atoms with Crippen LogP contribution in [0, 0.1) is 12.8 Å². The van der Waals surface area contributed by atoms with Gasteiger partial charge in [-0.15, -0.1) is 0 Å². The average molecular weight is 370 g/mol. The number of carbonyl (C=O) groups is 2. The van der Waals surface area contributed by atoms with Gasteiger partial charge in [-0.25, -0.2) is 0 Å². The minimum atomic E-state index is -0.686. The van der Waals surface area contributed by atoms with Gasteiger partial charge in [-0.1, -0.05) is 32.0 Å². The van der Waals surface area contributed by atoms with E-state index in [0.29, 0.717) is 22.7 Å². The van der Waals surface area contributed by atoms with Gasteiger partial charge < -0.3 is 20.1 Å². The lowest BCUT2D eigenvalue weighted by Gasteiger charge is -2.22. The maximum absolute atomic E-state index is 12.8. The van der Waals surface area contributed by atoms with Crippen LogP contribution in [0.4, 0.5) is 5.69 Å². The Kier molecular flexibility index (Phi) is 6.82. The van der Waals surface area contributed by atoms with E-state index in [2.05, 4.69) is 10.6 Å². The van der Waals surface area contributed by atoms with Gasteiger partial charge >= 0.3 is 0 Å². The molecule has 0 heterocycles. The Balaban J connectivity index is 2.18. The van der Waals surface area contributed by atoms with Gasteiger partial charge in [-0.2, -0.15) is 0 Å². The van der Waals surface area contributed by atoms with Crippen molar-refractivity contribution in [2.75, 3.05) is 19.5 Å². The quantitative estimate of drug-likeness (QED) is 0.783. The number of anilines is 1. The summed E-state index contributed by atoms with van der Waals surface area (Å²) < 4.78 is 10.4. The number of ether oxygens (including phenoxy) is 2. The van der Waals surface area contributed by atoms with Crippen LogP contribution in [0.15, 0.2) is 42.5 Å². The van der Waals surface area contributed by atoms with Crippen LogP contribution in [0.1, 0.15) is 29.8 Å². The Labute approximate surface area is 159 Å². The molecule has 0 radical (unpaired) electrons. The maximum Gasteiger partial charge on any atom is 0.252 e. The number of hydrogen-bond donors (Lipinski definition) is 2. The van der Waals surface area contributed by atoms with E-state index in [1.54, 1.807) is 44.6 Å². The summed E-state index contributed by atoms with van der Waals surface area (Å²) in [4.78, 5) is 25.4. The van der Waals surface area contributed by atoms with Crippen molar-refractivity contribution in [3.05, 3.63) is 53.6 Å². The Hall–Kier alpha value is -3.02. The molecule has 0 aliphatic rings. The van der Waals surface area contributed by atoms with E-state index >= 15 is 0 Å². The molecule has 0 saturated heterocycles. The molecule has 0 saturated carbocycles. The van der Waals surface area contributed by atoms with E-state index in [4.69, 9.17) is 9.47 Å². The van der Waals surface area contributed by atoms with Crippen molar-refractivity contribution >= 4 is 17.5 Å². The molecule has 0 aliphatic carbocycles. The summed E-state index contributed by atoms with van der Waals surface area (Å²) in [6.07, 6.45) is 0. The minimum absolute atomic E-state index is 0.0922. The molecule has 6 nitrogen and oxygen atoms in total. The number of hydrogen-bond acceptors (Lipinski definition) is 4. The van der Waals surface area contributed by atoms with Gasteiger partial charge in [-0.3, -0.25) is 9.59 Å². The zero-order chi connectivity index (χ0) is 20.0. The van der Waals surface area contributed by atoms with Gasteiger partial charge in [0.2, 0.25) is 5.91 Å². The molecule has 6 heteroatoms. The second-order valence-electron chi connectivity index (χ2n) is 6.60. The van der Waals surface area contributed by atoms with E-state index in [-0.39, 0.29) is 17.7 Å². The molecule has 0 aliphatic heterocycles. The summed E-state index contributed by atoms with van der Waals surface area (Å²) in [5.41, 5.74) is 1.95. The number of amides is 2. The highest BCUT2D eigenvalue weighted by Gasteiger charge is 2.25. The summed E-state index contributed by atoms with van der Waals surface area (Å²) in [5, 5.41) is 5.67. The lowest BCUT2D eigenvalue weighted by molar-refractivity contribution is -0.118. The molecule has 2 amide bonds. The van der Waals surface area contributed by atoms with Crippen molar-refractivity contribution in [1.82, 2.24) is 5.32 Å². The van der Waals surface area contributed by atoms with Crippen molar-refractivity contribution in [1.29, 1.82) is 0 Å². The summed E-state index contributed by atoms with van der Waals surface area (Å²) in [6.45, 7) is 5.63. The maximum atomic E-state index is 12.8. The average Bonchev–Trinajstić information content (AvgIpc) is 2.65. The van der Waals surface area contributed by atoms with Gasteiger partial charge in [-0.05, 0) is 24.5 Å². The third-order valence-electron chi connectivity index (χ3n) is 4.24. The molecule has 0 bridgehead atoms. The zero-order valence-corrected chi connectivity index (χ0v) is 16.3. The third kappa shape index (κ3) is 5.23. The molecular formula is C21H26N2O4. The largest absolute Gasteiger partial charge is 0.497 e. The SMILES string of the molecule is COc1cc(NC(=O)[C@@H](NC(=O)c2ccccc2C)C(C)C)cc(OC)c1. The van der Waals surface area contributed by atoms with Crippen LogP contribution in [0.25, 0.3) is 0 Å². The fourth-order valence-electron chi connectivity index (χ4n) is 2.68. The first kappa shape index (κ1) is 20.3. The predicted octanol–water partition coefficient (Wildman–Crippen LogP) is 3.41. The van der Waals surface area contributed by atoms with Gasteiger partial charge in [0.05, 0.1) is 14.2 Å². The van der Waals surface area contributed by atoms with Crippen LogP contribution in [-0.4, -0.2) is 32.1 Å². The van der Waals surface area contributed by atoms with Gasteiger partial charge in [0.1, 0.15) is 17.5 Å². The first-order valence-corrected chi connectivity index (χ1v) is 8.76. The van der Waals surface area contributed by atoms with Crippen LogP contribution in [0.3, 0.4) is 0 Å². The Morgan fingerprint density at radius 2 is 1.56 bits per heavy atom. The van der Waals surface area contributed by atoms with Crippen LogP contribution in [0.5, 0.6) is 11.5 Å². The minimum Gasteiger partial charge on any atom is -0.497 e. The van der Waals surface area contributed by atoms with E-state index in [0.717, 1.165) is 5.56 Å². The molecule has 0 fully saturated rings. The van der Waals surface area contributed by atoms with E-state index in [1.165, 1.54) is 0 Å². The third-order valence-corrected chi connectivity index (χ3v) is 4.24. The highest BCUT2D eigenvalue weighted by molar-refractivity contribution is 6.02. The van der Waals surface area contributed by atoms with Crippen molar-refractivity contribution in [3.63, 3.8) is 0 Å². The summed E-state index contributed by atoms with van der Waals surface area (Å²) in [5.74, 6) is 0.460. The molecule has 0 unspecified atom stereocenters. The molecule has 27 heavy (non-hydrogen) atoms. The molecule has 144 valence electrons. The Bertz CT molecular complexity index is 795. The molecule has 1 atom stereocenters. The van der Waals surface area contributed by atoms with Crippen LogP contribution in [0.2, 0.25) is 0 Å².